The van der Waals surface area contributed by atoms with Crippen molar-refractivity contribution in [1.29, 1.82) is 5.26 Å². The Kier molecular flexibility index (Phi) is 4.09. The number of carbonyl (C=O) groups excluding carboxylic acids is 1. The number of aromatic nitrogens is 1. The minimum atomic E-state index is -0.294. The lowest BCUT2D eigenvalue weighted by Crippen LogP contribution is -2.12. The van der Waals surface area contributed by atoms with Gasteiger partial charge in [0.2, 0.25) is 5.78 Å². The maximum atomic E-state index is 12.1. The van der Waals surface area contributed by atoms with E-state index in [0.717, 1.165) is 5.56 Å². The summed E-state index contributed by atoms with van der Waals surface area (Å²) < 4.78 is 5.56. The second kappa shape index (κ2) is 5.96. The Morgan fingerprint density at radius 3 is 2.95 bits per heavy atom. The molecule has 1 unspecified atom stereocenters. The van der Waals surface area contributed by atoms with Gasteiger partial charge in [0, 0.05) is 30.3 Å². The van der Waals surface area contributed by atoms with Crippen LogP contribution in [-0.2, 0) is 0 Å². The zero-order valence-electron chi connectivity index (χ0n) is 10.7. The molecule has 0 bridgehead atoms. The largest absolute Gasteiger partial charge is 0.453 e. The number of nitrogens with zero attached hydrogens (tertiary/aromatic N) is 2. The predicted molar refractivity (Wildman–Crippen MR) is 70.3 cm³/mol. The second-order valence-corrected chi connectivity index (χ2v) is 4.24. The molecule has 0 aromatic carbocycles. The minimum absolute atomic E-state index is 0.112. The molecule has 0 fully saturated rings. The summed E-state index contributed by atoms with van der Waals surface area (Å²) in [5.41, 5.74) is 0.829. The van der Waals surface area contributed by atoms with Gasteiger partial charge in [0.05, 0.1) is 6.07 Å². The molecule has 0 spiro atoms. The Morgan fingerprint density at radius 2 is 2.32 bits per heavy atom. The smallest absolute Gasteiger partial charge is 0.202 e. The van der Waals surface area contributed by atoms with Crippen molar-refractivity contribution in [2.75, 3.05) is 0 Å². The zero-order chi connectivity index (χ0) is 13.7. The van der Waals surface area contributed by atoms with Crippen molar-refractivity contribution in [2.45, 2.75) is 19.8 Å². The van der Waals surface area contributed by atoms with E-state index in [9.17, 15) is 4.79 Å². The van der Waals surface area contributed by atoms with Crippen LogP contribution in [0.2, 0.25) is 0 Å². The van der Waals surface area contributed by atoms with E-state index in [1.165, 1.54) is 0 Å². The normalized spacial score (nSPS) is 11.8. The molecule has 4 heteroatoms. The number of hydrogen-bond acceptors (Lipinski definition) is 4. The Labute approximate surface area is 111 Å². The molecule has 4 nitrogen and oxygen atoms in total. The highest BCUT2D eigenvalue weighted by Gasteiger charge is 2.21. The third-order valence-corrected chi connectivity index (χ3v) is 3.00. The predicted octanol–water partition coefficient (Wildman–Crippen LogP) is 3.46. The molecule has 96 valence electrons. The summed E-state index contributed by atoms with van der Waals surface area (Å²) in [7, 11) is 0. The summed E-state index contributed by atoms with van der Waals surface area (Å²) in [4.78, 5) is 16.2. The van der Waals surface area contributed by atoms with Gasteiger partial charge in [0.25, 0.3) is 0 Å². The summed E-state index contributed by atoms with van der Waals surface area (Å²) >= 11 is 0. The highest BCUT2D eigenvalue weighted by molar-refractivity contribution is 5.96. The van der Waals surface area contributed by atoms with Crippen molar-refractivity contribution in [2.24, 2.45) is 5.92 Å². The maximum absolute atomic E-state index is 12.1. The lowest BCUT2D eigenvalue weighted by atomic mass is 9.96. The van der Waals surface area contributed by atoms with Crippen LogP contribution in [0.5, 0.6) is 0 Å². The van der Waals surface area contributed by atoms with E-state index in [-0.39, 0.29) is 18.1 Å². The van der Waals surface area contributed by atoms with Crippen LogP contribution >= 0.6 is 0 Å². The van der Waals surface area contributed by atoms with E-state index in [1.54, 1.807) is 24.5 Å². The third kappa shape index (κ3) is 2.89. The summed E-state index contributed by atoms with van der Waals surface area (Å²) in [5, 5.41) is 8.71. The van der Waals surface area contributed by atoms with Crippen molar-refractivity contribution in [3.8, 4) is 17.4 Å². The van der Waals surface area contributed by atoms with Crippen molar-refractivity contribution < 1.29 is 9.21 Å². The Morgan fingerprint density at radius 1 is 1.47 bits per heavy atom. The molecule has 0 saturated carbocycles. The van der Waals surface area contributed by atoms with Crippen molar-refractivity contribution in [1.82, 2.24) is 4.98 Å². The highest BCUT2D eigenvalue weighted by atomic mass is 16.3. The van der Waals surface area contributed by atoms with Crippen LogP contribution in [0.4, 0.5) is 0 Å². The average Bonchev–Trinajstić information content (AvgIpc) is 2.95. The fourth-order valence-electron chi connectivity index (χ4n) is 1.87. The first-order chi connectivity index (χ1) is 9.26. The maximum Gasteiger partial charge on any atom is 0.202 e. The van der Waals surface area contributed by atoms with Gasteiger partial charge in [-0.05, 0) is 30.7 Å². The Hall–Kier alpha value is -2.41. The molecule has 2 aromatic heterocycles. The second-order valence-electron chi connectivity index (χ2n) is 4.24. The minimum Gasteiger partial charge on any atom is -0.453 e. The standard InChI is InChI=1S/C15H14N2O2/c1-2-11(7-8-16)15(18)14-6-5-13(19-14)12-4-3-9-17-10-12/h3-6,9-11H,2,7H2,1H3. The molecule has 19 heavy (non-hydrogen) atoms. The average molecular weight is 254 g/mol. The molecule has 2 aromatic rings. The van der Waals surface area contributed by atoms with E-state index in [1.807, 2.05) is 25.1 Å². The molecule has 2 rings (SSSR count). The number of rotatable bonds is 5. The summed E-state index contributed by atoms with van der Waals surface area (Å²) in [6.07, 6.45) is 4.21. The number of nitriles is 1. The van der Waals surface area contributed by atoms with Crippen LogP contribution in [0.3, 0.4) is 0 Å². The number of furan rings is 1. The van der Waals surface area contributed by atoms with Crippen molar-refractivity contribution in [3.63, 3.8) is 0 Å². The number of Topliss-reactive ketones (excluding diaryl/α,β-unsaturated/α-hetero) is 1. The zero-order valence-corrected chi connectivity index (χ0v) is 10.7. The van der Waals surface area contributed by atoms with Gasteiger partial charge < -0.3 is 4.42 Å². The molecular formula is C15H14N2O2. The fraction of sp³-hybridized carbons (Fsp3) is 0.267. The van der Waals surface area contributed by atoms with E-state index < -0.39 is 0 Å². The molecule has 0 aliphatic heterocycles. The Balaban J connectivity index is 2.22. The van der Waals surface area contributed by atoms with Gasteiger partial charge in [0.1, 0.15) is 5.76 Å². The first kappa shape index (κ1) is 13.0. The van der Waals surface area contributed by atoms with Gasteiger partial charge in [-0.1, -0.05) is 6.92 Å². The van der Waals surface area contributed by atoms with Gasteiger partial charge >= 0.3 is 0 Å². The SMILES string of the molecule is CCC(CC#N)C(=O)c1ccc(-c2cccnc2)o1. The summed E-state index contributed by atoms with van der Waals surface area (Å²) in [5.74, 6) is 0.515. The van der Waals surface area contributed by atoms with Crippen molar-refractivity contribution >= 4 is 5.78 Å². The molecule has 0 N–H and O–H groups in total. The van der Waals surface area contributed by atoms with E-state index in [4.69, 9.17) is 9.68 Å². The monoisotopic (exact) mass is 254 g/mol. The van der Waals surface area contributed by atoms with Crippen LogP contribution in [0.15, 0.2) is 41.1 Å². The van der Waals surface area contributed by atoms with Gasteiger partial charge in [-0.3, -0.25) is 9.78 Å². The van der Waals surface area contributed by atoms with E-state index in [2.05, 4.69) is 4.98 Å². The van der Waals surface area contributed by atoms with Crippen molar-refractivity contribution in [3.05, 3.63) is 42.4 Å². The topological polar surface area (TPSA) is 66.9 Å². The molecule has 0 radical (unpaired) electrons. The Bertz CT molecular complexity index is 596. The van der Waals surface area contributed by atoms with Gasteiger partial charge in [-0.25, -0.2) is 0 Å². The number of hydrogen-bond donors (Lipinski definition) is 0. The first-order valence-electron chi connectivity index (χ1n) is 6.17. The quantitative estimate of drug-likeness (QED) is 0.766. The number of ketones is 1. The molecule has 0 amide bonds. The van der Waals surface area contributed by atoms with E-state index in [0.29, 0.717) is 17.9 Å². The lowest BCUT2D eigenvalue weighted by molar-refractivity contribution is 0.0891. The van der Waals surface area contributed by atoms with Crippen LogP contribution in [-0.4, -0.2) is 10.8 Å². The molecule has 0 aliphatic rings. The van der Waals surface area contributed by atoms with Crippen LogP contribution in [0.25, 0.3) is 11.3 Å². The lowest BCUT2D eigenvalue weighted by Gasteiger charge is -2.06. The number of carbonyl (C=O) groups is 1. The first-order valence-corrected chi connectivity index (χ1v) is 6.17. The van der Waals surface area contributed by atoms with Crippen LogP contribution in [0, 0.1) is 17.2 Å². The third-order valence-electron chi connectivity index (χ3n) is 3.00. The van der Waals surface area contributed by atoms with E-state index >= 15 is 0 Å². The number of pyridine rings is 1. The molecule has 0 saturated heterocycles. The summed E-state index contributed by atoms with van der Waals surface area (Å²) in [6.45, 7) is 1.89. The van der Waals surface area contributed by atoms with Gasteiger partial charge in [-0.15, -0.1) is 0 Å². The molecular weight excluding hydrogens is 240 g/mol. The highest BCUT2D eigenvalue weighted by Crippen LogP contribution is 2.24. The molecule has 1 atom stereocenters. The molecule has 0 aliphatic carbocycles. The van der Waals surface area contributed by atoms with Gasteiger partial charge in [-0.2, -0.15) is 5.26 Å². The van der Waals surface area contributed by atoms with Gasteiger partial charge in [0.15, 0.2) is 5.76 Å². The summed E-state index contributed by atoms with van der Waals surface area (Å²) in [6, 6.07) is 9.12. The van der Waals surface area contributed by atoms with Crippen LogP contribution < -0.4 is 0 Å². The molecule has 2 heterocycles. The fourth-order valence-corrected chi connectivity index (χ4v) is 1.87. The van der Waals surface area contributed by atoms with Crippen LogP contribution in [0.1, 0.15) is 30.3 Å².